The van der Waals surface area contributed by atoms with Gasteiger partial charge in [0.2, 0.25) is 10.0 Å². The highest BCUT2D eigenvalue weighted by atomic mass is 32.2. The first-order valence-corrected chi connectivity index (χ1v) is 16.5. The number of aryl methyl sites for hydroxylation is 1. The number of hydrogen-bond acceptors (Lipinski definition) is 7. The van der Waals surface area contributed by atoms with E-state index in [2.05, 4.69) is 4.98 Å². The van der Waals surface area contributed by atoms with Crippen molar-refractivity contribution in [2.24, 2.45) is 11.7 Å². The lowest BCUT2D eigenvalue weighted by molar-refractivity contribution is 0.0708. The molecule has 234 valence electrons. The van der Waals surface area contributed by atoms with Crippen LogP contribution in [0.5, 0.6) is 5.88 Å². The van der Waals surface area contributed by atoms with Gasteiger partial charge in [-0.25, -0.2) is 18.4 Å². The fourth-order valence-electron chi connectivity index (χ4n) is 6.22. The number of hydrogen-bond donors (Lipinski definition) is 1. The molecule has 2 N–H and O–H groups in total. The third-order valence-electron chi connectivity index (χ3n) is 8.85. The second-order valence-electron chi connectivity index (χ2n) is 12.2. The first-order valence-electron chi connectivity index (χ1n) is 15.0. The van der Waals surface area contributed by atoms with Crippen LogP contribution in [0.1, 0.15) is 54.6 Å². The van der Waals surface area contributed by atoms with Gasteiger partial charge in [-0.15, -0.1) is 0 Å². The molecule has 7 rings (SSSR count). The van der Waals surface area contributed by atoms with Gasteiger partial charge in [0.05, 0.1) is 23.7 Å². The Kier molecular flexibility index (Phi) is 7.03. The number of aromatic nitrogens is 4. The van der Waals surface area contributed by atoms with Crippen molar-refractivity contribution in [3.63, 3.8) is 0 Å². The van der Waals surface area contributed by atoms with Crippen LogP contribution in [0.4, 0.5) is 14.6 Å². The average Bonchev–Trinajstić information content (AvgIpc) is 3.92. The molecule has 11 nitrogen and oxygen atoms in total. The Bertz CT molecular complexity index is 1880. The maximum absolute atomic E-state index is 14.2. The van der Waals surface area contributed by atoms with Gasteiger partial charge in [0.25, 0.3) is 5.91 Å². The van der Waals surface area contributed by atoms with E-state index in [4.69, 9.17) is 15.5 Å². The van der Waals surface area contributed by atoms with Crippen molar-refractivity contribution in [2.45, 2.75) is 69.8 Å². The predicted molar refractivity (Wildman–Crippen MR) is 161 cm³/mol. The normalized spacial score (nSPS) is 19.3. The molecule has 1 amide bonds. The van der Waals surface area contributed by atoms with Crippen LogP contribution in [0.3, 0.4) is 0 Å². The molecule has 44 heavy (non-hydrogen) atoms. The van der Waals surface area contributed by atoms with E-state index in [9.17, 15) is 22.0 Å². The van der Waals surface area contributed by atoms with Crippen LogP contribution in [0.15, 0.2) is 30.3 Å². The summed E-state index contributed by atoms with van der Waals surface area (Å²) in [6, 6.07) is 8.27. The number of sulfonamides is 1. The Hall–Kier alpha value is -3.78. The Morgan fingerprint density at radius 1 is 1.14 bits per heavy atom. The van der Waals surface area contributed by atoms with Crippen LogP contribution in [-0.4, -0.2) is 76.2 Å². The van der Waals surface area contributed by atoms with E-state index in [1.165, 1.54) is 6.07 Å². The molecule has 4 aromatic heterocycles. The summed E-state index contributed by atoms with van der Waals surface area (Å²) < 4.78 is 63.8. The monoisotopic (exact) mass is 627 g/mol. The maximum atomic E-state index is 14.2. The maximum Gasteiger partial charge on any atom is 0.329 e. The van der Waals surface area contributed by atoms with Gasteiger partial charge in [-0.05, 0) is 75.6 Å². The second-order valence-corrected chi connectivity index (χ2v) is 14.3. The van der Waals surface area contributed by atoms with Crippen molar-refractivity contribution in [1.82, 2.24) is 23.8 Å². The van der Waals surface area contributed by atoms with Gasteiger partial charge in [0, 0.05) is 42.7 Å². The van der Waals surface area contributed by atoms with E-state index in [0.717, 1.165) is 37.1 Å². The van der Waals surface area contributed by atoms with E-state index in [1.807, 2.05) is 22.0 Å². The van der Waals surface area contributed by atoms with Crippen LogP contribution in [0.2, 0.25) is 0 Å². The Labute approximate surface area is 253 Å². The lowest BCUT2D eigenvalue weighted by atomic mass is 10.1. The summed E-state index contributed by atoms with van der Waals surface area (Å²) in [5.41, 5.74) is 9.64. The van der Waals surface area contributed by atoms with Crippen molar-refractivity contribution >= 4 is 38.4 Å². The Morgan fingerprint density at radius 2 is 1.91 bits per heavy atom. The lowest BCUT2D eigenvalue weighted by Gasteiger charge is -2.30. The molecule has 3 aliphatic rings. The van der Waals surface area contributed by atoms with Gasteiger partial charge in [-0.2, -0.15) is 13.1 Å². The SMILES string of the molecule is COc1cc(C(=O)N2CCC[C@@H](N)C2)cc2nc(-c3cc4ccc(N(C(F)F)S(=O)(=O)C5CC5)nc4n3CC3CC3)c(C)n12. The number of carbonyl (C=O) groups is 1. The van der Waals surface area contributed by atoms with Gasteiger partial charge in [-0.1, -0.05) is 0 Å². The van der Waals surface area contributed by atoms with Crippen LogP contribution in [0.25, 0.3) is 28.1 Å². The zero-order chi connectivity index (χ0) is 30.9. The van der Waals surface area contributed by atoms with Crippen LogP contribution >= 0.6 is 0 Å². The van der Waals surface area contributed by atoms with Gasteiger partial charge in [0.15, 0.2) is 5.88 Å². The van der Waals surface area contributed by atoms with Gasteiger partial charge < -0.3 is 19.9 Å². The standard InChI is InChI=1S/C30H35F2N7O4S/c1-17-27(34-25-13-20(14-26(43-2)38(17)25)29(40)36-11-3-4-21(33)16-36)23-12-19-7-10-24(35-28(19)37(23)15-18-5-6-18)39(30(31)32)44(41,42)22-8-9-22/h7,10,12-14,18,21-22,30H,3-6,8-9,11,15-16,33H2,1-2H3/t21-/m1/s1. The summed E-state index contributed by atoms with van der Waals surface area (Å²) in [6.45, 7) is 0.374. The molecule has 2 aliphatic carbocycles. The molecule has 1 atom stereocenters. The van der Waals surface area contributed by atoms with E-state index < -0.39 is 21.8 Å². The van der Waals surface area contributed by atoms with Gasteiger partial charge in [-0.3, -0.25) is 9.20 Å². The minimum Gasteiger partial charge on any atom is -0.482 e. The number of anilines is 1. The first kappa shape index (κ1) is 29.0. The molecule has 3 fully saturated rings. The number of rotatable bonds is 9. The van der Waals surface area contributed by atoms with Crippen molar-refractivity contribution in [3.05, 3.63) is 41.6 Å². The number of nitrogens with zero attached hydrogens (tertiary/aromatic N) is 6. The molecular formula is C30H35F2N7O4S. The minimum absolute atomic E-state index is 0.0531. The highest BCUT2D eigenvalue weighted by Gasteiger charge is 2.44. The summed E-state index contributed by atoms with van der Waals surface area (Å²) in [5.74, 6) is 0.414. The minimum atomic E-state index is -4.23. The van der Waals surface area contributed by atoms with Crippen molar-refractivity contribution in [2.75, 3.05) is 24.5 Å². The summed E-state index contributed by atoms with van der Waals surface area (Å²) in [7, 11) is -2.69. The lowest BCUT2D eigenvalue weighted by Crippen LogP contribution is -2.45. The number of alkyl halides is 2. The summed E-state index contributed by atoms with van der Waals surface area (Å²) in [6.07, 6.45) is 4.53. The smallest absolute Gasteiger partial charge is 0.329 e. The molecule has 2 saturated carbocycles. The Morgan fingerprint density at radius 3 is 2.57 bits per heavy atom. The van der Waals surface area contributed by atoms with Crippen molar-refractivity contribution < 1.29 is 26.7 Å². The molecule has 4 aromatic rings. The topological polar surface area (TPSA) is 128 Å². The number of amides is 1. The molecule has 0 aromatic carbocycles. The highest BCUT2D eigenvalue weighted by molar-refractivity contribution is 7.93. The number of methoxy groups -OCH3 is 1. The van der Waals surface area contributed by atoms with Crippen LogP contribution < -0.4 is 14.8 Å². The third-order valence-corrected chi connectivity index (χ3v) is 11.1. The average molecular weight is 628 g/mol. The summed E-state index contributed by atoms with van der Waals surface area (Å²) >= 11 is 0. The number of carbonyl (C=O) groups excluding carboxylic acids is 1. The van der Waals surface area contributed by atoms with Crippen molar-refractivity contribution in [1.29, 1.82) is 0 Å². The largest absolute Gasteiger partial charge is 0.482 e. The van der Waals surface area contributed by atoms with Gasteiger partial charge in [0.1, 0.15) is 22.8 Å². The number of piperidine rings is 1. The second kappa shape index (κ2) is 10.7. The molecule has 14 heteroatoms. The number of nitrogens with two attached hydrogens (primary N) is 1. The molecule has 0 unspecified atom stereocenters. The molecule has 0 bridgehead atoms. The zero-order valence-electron chi connectivity index (χ0n) is 24.6. The number of pyridine rings is 2. The summed E-state index contributed by atoms with van der Waals surface area (Å²) in [5, 5.41) is -0.120. The van der Waals surface area contributed by atoms with Gasteiger partial charge >= 0.3 is 6.55 Å². The number of likely N-dealkylation sites (tertiary alicyclic amines) is 1. The fourth-order valence-corrected chi connectivity index (χ4v) is 7.86. The zero-order valence-corrected chi connectivity index (χ0v) is 25.4. The van der Waals surface area contributed by atoms with Crippen LogP contribution in [-0.2, 0) is 16.6 Å². The Balaban J connectivity index is 1.34. The first-order chi connectivity index (χ1) is 21.1. The predicted octanol–water partition coefficient (Wildman–Crippen LogP) is 4.16. The van der Waals surface area contributed by atoms with E-state index in [0.29, 0.717) is 72.2 Å². The molecule has 0 radical (unpaired) electrons. The number of ether oxygens (including phenoxy) is 1. The van der Waals surface area contributed by atoms with E-state index in [-0.39, 0.29) is 22.1 Å². The number of imidazole rings is 1. The van der Waals surface area contributed by atoms with Crippen LogP contribution in [0, 0.1) is 12.8 Å². The quantitative estimate of drug-likeness (QED) is 0.276. The number of fused-ring (bicyclic) bond motifs is 2. The molecule has 1 aliphatic heterocycles. The van der Waals surface area contributed by atoms with Crippen molar-refractivity contribution in [3.8, 4) is 17.3 Å². The molecule has 0 spiro atoms. The van der Waals surface area contributed by atoms with E-state index >= 15 is 0 Å². The highest BCUT2D eigenvalue weighted by Crippen LogP contribution is 2.39. The van der Waals surface area contributed by atoms with E-state index in [1.54, 1.807) is 30.2 Å². The number of halogens is 2. The third kappa shape index (κ3) is 4.97. The summed E-state index contributed by atoms with van der Waals surface area (Å²) in [4.78, 5) is 24.7. The molecule has 5 heterocycles. The fraction of sp³-hybridized carbons (Fsp3) is 0.500. The molecule has 1 saturated heterocycles. The molecular weight excluding hydrogens is 592 g/mol.